The van der Waals surface area contributed by atoms with Crippen LogP contribution < -0.4 is 5.32 Å². The number of nitrogens with one attached hydrogen (secondary N) is 1. The quantitative estimate of drug-likeness (QED) is 0.0205. The van der Waals surface area contributed by atoms with Crippen LogP contribution in [-0.4, -0.2) is 140 Å². The van der Waals surface area contributed by atoms with Crippen molar-refractivity contribution in [3.63, 3.8) is 0 Å². The molecule has 2 heterocycles. The van der Waals surface area contributed by atoms with E-state index in [1.54, 1.807) is 6.08 Å². The number of carbonyl (C=O) groups excluding carboxylic acids is 1. The number of hydrogen-bond acceptors (Lipinski definition) is 13. The van der Waals surface area contributed by atoms with E-state index in [0.29, 0.717) is 6.42 Å². The van der Waals surface area contributed by atoms with E-state index in [9.17, 15) is 45.6 Å². The second-order valence-electron chi connectivity index (χ2n) is 19.7. The zero-order chi connectivity index (χ0) is 56.7. The number of carbonyl (C=O) groups is 1. The normalized spacial score (nSPS) is 25.7. The molecule has 2 aliphatic heterocycles. The van der Waals surface area contributed by atoms with Gasteiger partial charge in [-0.05, 0) is 103 Å². The first-order valence-electron chi connectivity index (χ1n) is 29.1. The Morgan fingerprint density at radius 3 is 1.36 bits per heavy atom. The highest BCUT2D eigenvalue weighted by Crippen LogP contribution is 2.30. The fraction of sp³-hybridized carbons (Fsp3) is 0.609. The molecule has 12 atom stereocenters. The molecule has 2 fully saturated rings. The highest BCUT2D eigenvalue weighted by atomic mass is 16.7. The predicted octanol–water partition coefficient (Wildman–Crippen LogP) is 9.77. The zero-order valence-electron chi connectivity index (χ0n) is 47.1. The number of aliphatic hydroxyl groups is 8. The maximum Gasteiger partial charge on any atom is 0.220 e. The Kier molecular flexibility index (Phi) is 42.8. The Morgan fingerprint density at radius 2 is 0.885 bits per heavy atom. The van der Waals surface area contributed by atoms with Gasteiger partial charge in [-0.25, -0.2) is 0 Å². The van der Waals surface area contributed by atoms with Crippen LogP contribution in [0.3, 0.4) is 0 Å². The standard InChI is InChI=1S/C64H101NO13/c1-3-5-7-9-10-11-12-13-14-15-16-17-18-19-20-21-22-23-24-25-26-27-28-29-30-31-32-33-34-35-36-37-38-39-40-41-42-44-46-48-56(69)65-52(53(68)47-45-43-8-6-4-2)51-75-63-61(74)59(72)62(55(50-67)77-63)78-64-60(73)58(71)57(70)54(49-66)76-64/h5,7,10-11,13-14,16-17,19-20,22-23,25-26,28-29,31-32,34-35,37-38,45,47,52-55,57-64,66-68,70-74H,3-4,6,8-9,12,15,18,21,24,27,30,33,36,39-44,46,48-51H2,1-2H3,(H,65,69)/b7-5-,11-10-,14-13-,17-16-,20-19-,23-22-,26-25-,29-28-,32-31-,35-34-,38-37-,47-45+. The summed E-state index contributed by atoms with van der Waals surface area (Å²) < 4.78 is 22.6. The van der Waals surface area contributed by atoms with Gasteiger partial charge in [-0.2, -0.15) is 0 Å². The van der Waals surface area contributed by atoms with E-state index in [1.807, 2.05) is 6.08 Å². The van der Waals surface area contributed by atoms with Crippen molar-refractivity contribution in [2.45, 2.75) is 229 Å². The fourth-order valence-electron chi connectivity index (χ4n) is 8.35. The van der Waals surface area contributed by atoms with Gasteiger partial charge in [0.1, 0.15) is 48.8 Å². The molecule has 2 rings (SSSR count). The third kappa shape index (κ3) is 32.8. The highest BCUT2D eigenvalue weighted by molar-refractivity contribution is 5.76. The molecule has 0 aliphatic carbocycles. The van der Waals surface area contributed by atoms with Crippen LogP contribution in [0.5, 0.6) is 0 Å². The lowest BCUT2D eigenvalue weighted by Gasteiger charge is -2.46. The minimum atomic E-state index is -1.79. The van der Waals surface area contributed by atoms with Crippen LogP contribution in [0.2, 0.25) is 0 Å². The van der Waals surface area contributed by atoms with Crippen LogP contribution in [0, 0.1) is 0 Å². The van der Waals surface area contributed by atoms with Gasteiger partial charge in [0, 0.05) is 6.42 Å². The first-order valence-corrected chi connectivity index (χ1v) is 29.1. The van der Waals surface area contributed by atoms with E-state index in [-0.39, 0.29) is 18.9 Å². The summed E-state index contributed by atoms with van der Waals surface area (Å²) in [6.07, 6.45) is 55.4. The molecule has 2 aliphatic rings. The molecule has 2 saturated heterocycles. The third-order valence-corrected chi connectivity index (χ3v) is 13.0. The lowest BCUT2D eigenvalue weighted by Crippen LogP contribution is -2.65. The largest absolute Gasteiger partial charge is 0.394 e. The lowest BCUT2D eigenvalue weighted by atomic mass is 9.97. The Bertz CT molecular complexity index is 1860. The van der Waals surface area contributed by atoms with Crippen LogP contribution in [0.15, 0.2) is 146 Å². The van der Waals surface area contributed by atoms with E-state index in [2.05, 4.69) is 153 Å². The minimum absolute atomic E-state index is 0.247. The smallest absolute Gasteiger partial charge is 0.220 e. The number of unbranched alkanes of at least 4 members (excludes halogenated alkanes) is 8. The number of allylic oxidation sites excluding steroid dienone is 23. The second kappa shape index (κ2) is 47.7. The summed E-state index contributed by atoms with van der Waals surface area (Å²) in [5.41, 5.74) is 0. The van der Waals surface area contributed by atoms with Crippen LogP contribution in [0.1, 0.15) is 155 Å². The molecule has 0 radical (unpaired) electrons. The van der Waals surface area contributed by atoms with E-state index < -0.39 is 86.8 Å². The van der Waals surface area contributed by atoms with Gasteiger partial charge in [-0.15, -0.1) is 0 Å². The number of amides is 1. The third-order valence-electron chi connectivity index (χ3n) is 13.0. The van der Waals surface area contributed by atoms with Crippen LogP contribution >= 0.6 is 0 Å². The fourth-order valence-corrected chi connectivity index (χ4v) is 8.35. The van der Waals surface area contributed by atoms with E-state index >= 15 is 0 Å². The van der Waals surface area contributed by atoms with E-state index in [1.165, 1.54) is 0 Å². The monoisotopic (exact) mass is 1090 g/mol. The lowest BCUT2D eigenvalue weighted by molar-refractivity contribution is -0.359. The summed E-state index contributed by atoms with van der Waals surface area (Å²) in [4.78, 5) is 13.1. The van der Waals surface area contributed by atoms with Crippen molar-refractivity contribution in [1.29, 1.82) is 0 Å². The van der Waals surface area contributed by atoms with Crippen molar-refractivity contribution in [2.75, 3.05) is 19.8 Å². The van der Waals surface area contributed by atoms with Gasteiger partial charge in [-0.3, -0.25) is 4.79 Å². The molecule has 14 nitrogen and oxygen atoms in total. The van der Waals surface area contributed by atoms with Gasteiger partial charge >= 0.3 is 0 Å². The highest BCUT2D eigenvalue weighted by Gasteiger charge is 2.51. The molecule has 440 valence electrons. The minimum Gasteiger partial charge on any atom is -0.394 e. The summed E-state index contributed by atoms with van der Waals surface area (Å²) in [5, 5.41) is 86.3. The maximum absolute atomic E-state index is 13.1. The summed E-state index contributed by atoms with van der Waals surface area (Å²) in [6.45, 7) is 2.50. The van der Waals surface area contributed by atoms with Crippen molar-refractivity contribution in [3.05, 3.63) is 146 Å². The van der Waals surface area contributed by atoms with Gasteiger partial charge in [0.05, 0.1) is 32.0 Å². The predicted molar refractivity (Wildman–Crippen MR) is 313 cm³/mol. The van der Waals surface area contributed by atoms with Gasteiger partial charge in [-0.1, -0.05) is 192 Å². The Balaban J connectivity index is 1.58. The van der Waals surface area contributed by atoms with Gasteiger partial charge in [0.25, 0.3) is 0 Å². The van der Waals surface area contributed by atoms with Crippen LogP contribution in [0.4, 0.5) is 0 Å². The van der Waals surface area contributed by atoms with Gasteiger partial charge in [0.15, 0.2) is 12.6 Å². The molecule has 0 saturated carbocycles. The molecule has 0 bridgehead atoms. The van der Waals surface area contributed by atoms with Crippen molar-refractivity contribution < 1.29 is 64.6 Å². The molecule has 0 aromatic rings. The molecule has 0 spiro atoms. The average molecular weight is 1090 g/mol. The molecule has 14 heteroatoms. The average Bonchev–Trinajstić information content (AvgIpc) is 3.47. The summed E-state index contributed by atoms with van der Waals surface area (Å²) in [5.74, 6) is -0.274. The first kappa shape index (κ1) is 70.0. The molecule has 78 heavy (non-hydrogen) atoms. The molecule has 0 aromatic carbocycles. The Labute approximate surface area is 468 Å². The molecular formula is C64H101NO13. The first-order chi connectivity index (χ1) is 38.1. The van der Waals surface area contributed by atoms with Crippen LogP contribution in [-0.2, 0) is 23.7 Å². The van der Waals surface area contributed by atoms with E-state index in [0.717, 1.165) is 128 Å². The summed E-state index contributed by atoms with van der Waals surface area (Å²) in [7, 11) is 0. The molecule has 9 N–H and O–H groups in total. The van der Waals surface area contributed by atoms with Gasteiger partial charge in [0.2, 0.25) is 5.91 Å². The number of ether oxygens (including phenoxy) is 4. The zero-order valence-corrected chi connectivity index (χ0v) is 47.1. The Hall–Kier alpha value is -4.13. The molecule has 0 aromatic heterocycles. The van der Waals surface area contributed by atoms with Crippen LogP contribution in [0.25, 0.3) is 0 Å². The van der Waals surface area contributed by atoms with Gasteiger partial charge < -0.3 is 65.1 Å². The van der Waals surface area contributed by atoms with Crippen molar-refractivity contribution in [3.8, 4) is 0 Å². The van der Waals surface area contributed by atoms with Crippen molar-refractivity contribution in [1.82, 2.24) is 5.32 Å². The summed E-state index contributed by atoms with van der Waals surface area (Å²) >= 11 is 0. The Morgan fingerprint density at radius 1 is 0.474 bits per heavy atom. The number of rotatable bonds is 43. The topological polar surface area (TPSA) is 228 Å². The van der Waals surface area contributed by atoms with E-state index in [4.69, 9.17) is 18.9 Å². The summed E-state index contributed by atoms with van der Waals surface area (Å²) in [6, 6.07) is -0.932. The van der Waals surface area contributed by atoms with Crippen molar-refractivity contribution in [2.24, 2.45) is 0 Å². The van der Waals surface area contributed by atoms with Crippen molar-refractivity contribution >= 4 is 5.91 Å². The SMILES string of the molecule is CC/C=C\C/C=C\C/C=C\C/C=C\C/C=C\C/C=C\C/C=C\C/C=C\C/C=C\C/C=C\C/C=C\CCCCCCCC(=O)NC(COC1OC(CO)C(OC2OC(CO)C(O)C(O)C2O)C(O)C1O)C(O)/C=C/CCCCC. The molecule has 1 amide bonds. The molecule has 12 unspecified atom stereocenters. The molecular weight excluding hydrogens is 991 g/mol. The second-order valence-corrected chi connectivity index (χ2v) is 19.7. The number of aliphatic hydroxyl groups excluding tert-OH is 8. The number of hydrogen-bond donors (Lipinski definition) is 9. The maximum atomic E-state index is 13.1.